The lowest BCUT2D eigenvalue weighted by atomic mass is 10.1. The normalized spacial score (nSPS) is 24.3. The zero-order chi connectivity index (χ0) is 26.6. The second-order valence-corrected chi connectivity index (χ2v) is 11.3. The Kier molecular flexibility index (Phi) is 9.26. The summed E-state index contributed by atoms with van der Waals surface area (Å²) < 4.78 is 37.2. The molecule has 11 nitrogen and oxygen atoms in total. The number of carbonyl (C=O) groups is 1. The molecular formula is C23H31N2O9PS. The van der Waals surface area contributed by atoms with Crippen molar-refractivity contribution in [3.05, 3.63) is 57.2 Å². The van der Waals surface area contributed by atoms with Gasteiger partial charge in [0, 0.05) is 11.8 Å². The summed E-state index contributed by atoms with van der Waals surface area (Å²) in [6.45, 7) is 6.18. The van der Waals surface area contributed by atoms with Crippen molar-refractivity contribution in [3.63, 3.8) is 0 Å². The predicted octanol–water partition coefficient (Wildman–Crippen LogP) is 2.71. The molecule has 0 saturated carbocycles. The second kappa shape index (κ2) is 11.8. The number of hydrogen-bond donors (Lipinski definition) is 3. The highest BCUT2D eigenvalue weighted by atomic mass is 32.1. The number of aliphatic hydroxyl groups excluding tert-OH is 2. The summed E-state index contributed by atoms with van der Waals surface area (Å²) in [6.07, 6.45) is -4.55. The van der Waals surface area contributed by atoms with Gasteiger partial charge < -0.3 is 24.2 Å². The lowest BCUT2D eigenvalue weighted by Gasteiger charge is -2.24. The molecule has 3 rings (SSSR count). The average Bonchev–Trinajstić information content (AvgIpc) is 3.08. The minimum atomic E-state index is -3.97. The molecule has 36 heavy (non-hydrogen) atoms. The van der Waals surface area contributed by atoms with Crippen LogP contribution in [0.25, 0.3) is 0 Å². The van der Waals surface area contributed by atoms with Crippen LogP contribution < -0.4 is 10.2 Å². The summed E-state index contributed by atoms with van der Waals surface area (Å²) >= 11 is 5.04. The first-order valence-electron chi connectivity index (χ1n) is 11.4. The van der Waals surface area contributed by atoms with Crippen LogP contribution in [0.3, 0.4) is 0 Å². The molecule has 13 heteroatoms. The summed E-state index contributed by atoms with van der Waals surface area (Å²) in [7, 11) is -3.97. The van der Waals surface area contributed by atoms with Crippen molar-refractivity contribution in [1.29, 1.82) is 0 Å². The van der Waals surface area contributed by atoms with Gasteiger partial charge in [0.05, 0.1) is 24.8 Å². The van der Waals surface area contributed by atoms with Gasteiger partial charge in [-0.25, -0.2) is 9.36 Å². The van der Waals surface area contributed by atoms with Gasteiger partial charge in [0.1, 0.15) is 28.7 Å². The molecule has 1 aliphatic heterocycles. The van der Waals surface area contributed by atoms with Crippen molar-refractivity contribution < 1.29 is 38.1 Å². The molecule has 198 valence electrons. The monoisotopic (exact) mass is 542 g/mol. The fourth-order valence-electron chi connectivity index (χ4n) is 3.58. The maximum absolute atomic E-state index is 13.7. The maximum atomic E-state index is 13.7. The number of benzene rings is 1. The van der Waals surface area contributed by atoms with Gasteiger partial charge in [-0.1, -0.05) is 37.3 Å². The second-order valence-electron chi connectivity index (χ2n) is 8.91. The summed E-state index contributed by atoms with van der Waals surface area (Å²) in [4.78, 5) is 27.1. The Bertz CT molecular complexity index is 1220. The predicted molar refractivity (Wildman–Crippen MR) is 132 cm³/mol. The van der Waals surface area contributed by atoms with E-state index >= 15 is 0 Å². The van der Waals surface area contributed by atoms with Gasteiger partial charge in [0.15, 0.2) is 6.23 Å². The number of aliphatic hydroxyl groups is 2. The molecule has 1 fully saturated rings. The average molecular weight is 543 g/mol. The fraction of sp³-hybridized carbons (Fsp3) is 0.522. The smallest absolute Gasteiger partial charge is 0.380 e. The number of esters is 1. The Hall–Kier alpha value is -2.34. The first-order chi connectivity index (χ1) is 16.9. The van der Waals surface area contributed by atoms with Crippen molar-refractivity contribution in [3.8, 4) is 5.75 Å². The first-order valence-corrected chi connectivity index (χ1v) is 13.6. The van der Waals surface area contributed by atoms with Gasteiger partial charge in [-0.3, -0.25) is 18.9 Å². The number of hydrogen-bond acceptors (Lipinski definition) is 10. The summed E-state index contributed by atoms with van der Waals surface area (Å²) in [5.41, 5.74) is -0.0587. The molecular weight excluding hydrogens is 511 g/mol. The number of H-pyrrole nitrogens is 1. The minimum absolute atomic E-state index is 0.244. The lowest BCUT2D eigenvalue weighted by molar-refractivity contribution is -0.151. The SMILES string of the molecule is Cc1cn([C@H]2O[C@@H](CO[P@](=O)(C[C@@H](C)C(=O)OC(C)C)Oc3ccccc3)C(O)[C@H]2O)c(=O)[nH]c1=S. The molecule has 1 aromatic carbocycles. The summed E-state index contributed by atoms with van der Waals surface area (Å²) in [6, 6.07) is 8.30. The number of nitrogens with one attached hydrogen (secondary N) is 1. The topological polar surface area (TPSA) is 149 Å². The Morgan fingerprint density at radius 3 is 2.53 bits per heavy atom. The van der Waals surface area contributed by atoms with Crippen molar-refractivity contribution in [1.82, 2.24) is 9.55 Å². The number of nitrogens with zero attached hydrogens (tertiary/aromatic N) is 1. The molecule has 0 aliphatic carbocycles. The molecule has 1 unspecified atom stereocenters. The van der Waals surface area contributed by atoms with Crippen LogP contribution in [-0.4, -0.2) is 62.9 Å². The Morgan fingerprint density at radius 2 is 1.89 bits per heavy atom. The molecule has 0 spiro atoms. The first kappa shape index (κ1) is 28.2. The van der Waals surface area contributed by atoms with Crippen LogP contribution in [0.1, 0.15) is 32.6 Å². The number of aryl methyl sites for hydroxylation is 1. The third kappa shape index (κ3) is 6.90. The van der Waals surface area contributed by atoms with Crippen molar-refractivity contribution in [2.24, 2.45) is 5.92 Å². The number of carbonyl (C=O) groups excluding carboxylic acids is 1. The summed E-state index contributed by atoms with van der Waals surface area (Å²) in [5.74, 6) is -1.12. The maximum Gasteiger partial charge on any atom is 0.380 e. The molecule has 6 atom stereocenters. The van der Waals surface area contributed by atoms with Crippen LogP contribution in [-0.2, 0) is 23.4 Å². The molecule has 0 bridgehead atoms. The Balaban J connectivity index is 1.77. The number of rotatable bonds is 10. The van der Waals surface area contributed by atoms with Crippen molar-refractivity contribution in [2.75, 3.05) is 12.8 Å². The van der Waals surface area contributed by atoms with Gasteiger partial charge in [-0.15, -0.1) is 0 Å². The zero-order valence-electron chi connectivity index (χ0n) is 20.4. The van der Waals surface area contributed by atoms with E-state index in [2.05, 4.69) is 4.98 Å². The Morgan fingerprint density at radius 1 is 1.22 bits per heavy atom. The summed E-state index contributed by atoms with van der Waals surface area (Å²) in [5, 5.41) is 21.1. The van der Waals surface area contributed by atoms with Crippen LogP contribution in [0, 0.1) is 17.5 Å². The lowest BCUT2D eigenvalue weighted by Crippen LogP contribution is -2.36. The van der Waals surface area contributed by atoms with E-state index in [-0.39, 0.29) is 22.7 Å². The molecule has 2 heterocycles. The molecule has 0 amide bonds. The van der Waals surface area contributed by atoms with E-state index in [4.69, 9.17) is 30.7 Å². The van der Waals surface area contributed by atoms with E-state index in [1.54, 1.807) is 58.0 Å². The number of aromatic nitrogens is 2. The van der Waals surface area contributed by atoms with Crippen LogP contribution in [0.5, 0.6) is 5.75 Å². The molecule has 2 aromatic rings. The number of para-hydroxylation sites is 1. The molecule has 0 radical (unpaired) electrons. The van der Waals surface area contributed by atoms with Crippen molar-refractivity contribution >= 4 is 25.8 Å². The third-order valence-electron chi connectivity index (χ3n) is 5.43. The van der Waals surface area contributed by atoms with E-state index in [9.17, 15) is 24.4 Å². The van der Waals surface area contributed by atoms with Crippen LogP contribution in [0.2, 0.25) is 0 Å². The highest BCUT2D eigenvalue weighted by Crippen LogP contribution is 2.50. The van der Waals surface area contributed by atoms with Crippen LogP contribution in [0.4, 0.5) is 0 Å². The highest BCUT2D eigenvalue weighted by molar-refractivity contribution is 7.71. The van der Waals surface area contributed by atoms with Crippen LogP contribution >= 0.6 is 19.8 Å². The van der Waals surface area contributed by atoms with E-state index in [1.807, 2.05) is 0 Å². The van der Waals surface area contributed by atoms with Gasteiger partial charge >= 0.3 is 19.3 Å². The quantitative estimate of drug-likeness (QED) is 0.232. The van der Waals surface area contributed by atoms with E-state index in [1.165, 1.54) is 6.20 Å². The molecule has 1 aliphatic rings. The van der Waals surface area contributed by atoms with Gasteiger partial charge in [0.25, 0.3) is 0 Å². The molecule has 1 saturated heterocycles. The fourth-order valence-corrected chi connectivity index (χ4v) is 5.59. The van der Waals surface area contributed by atoms with E-state index in [0.29, 0.717) is 5.56 Å². The number of ether oxygens (including phenoxy) is 2. The Labute approximate surface area is 213 Å². The third-order valence-corrected chi connectivity index (χ3v) is 7.88. The standard InChI is InChI=1S/C23H31N2O9PS/c1-13(2)32-22(28)15(4)12-35(30,34-16-8-6-5-7-9-16)31-11-17-18(26)19(27)21(33-17)25-10-14(3)20(36)24-23(25)29/h5-10,13,15,17-19,21,26-27H,11-12H2,1-4H3,(H,24,29,36)/t15-,17+,18?,19-,21+,35-/m1/s1. The largest absolute Gasteiger partial charge is 0.463 e. The van der Waals surface area contributed by atoms with Crippen molar-refractivity contribution in [2.45, 2.75) is 58.3 Å². The minimum Gasteiger partial charge on any atom is -0.463 e. The number of aromatic amines is 1. The van der Waals surface area contributed by atoms with E-state index < -0.39 is 56.3 Å². The molecule has 1 aromatic heterocycles. The zero-order valence-corrected chi connectivity index (χ0v) is 22.1. The van der Waals surface area contributed by atoms with E-state index in [0.717, 1.165) is 4.57 Å². The molecule has 3 N–H and O–H groups in total. The van der Waals surface area contributed by atoms with Gasteiger partial charge in [-0.05, 0) is 32.9 Å². The highest BCUT2D eigenvalue weighted by Gasteiger charge is 2.45. The van der Waals surface area contributed by atoms with Crippen LogP contribution in [0.15, 0.2) is 41.3 Å². The van der Waals surface area contributed by atoms with Gasteiger partial charge in [-0.2, -0.15) is 0 Å². The van der Waals surface area contributed by atoms with Gasteiger partial charge in [0.2, 0.25) is 0 Å².